The van der Waals surface area contributed by atoms with Crippen LogP contribution in [0, 0.1) is 6.92 Å². The number of ether oxygens (including phenoxy) is 2. The van der Waals surface area contributed by atoms with E-state index in [-0.39, 0.29) is 30.2 Å². The highest BCUT2D eigenvalue weighted by atomic mass is 16.7. The van der Waals surface area contributed by atoms with Crippen LogP contribution in [-0.4, -0.2) is 17.9 Å². The zero-order valence-corrected chi connectivity index (χ0v) is 13.4. The number of rotatable bonds is 2. The quantitative estimate of drug-likeness (QED) is 0.771. The summed E-state index contributed by atoms with van der Waals surface area (Å²) in [7, 11) is 0. The van der Waals surface area contributed by atoms with E-state index in [1.165, 1.54) is 18.2 Å². The maximum atomic E-state index is 12.5. The van der Waals surface area contributed by atoms with Gasteiger partial charge in [0.15, 0.2) is 12.2 Å². The normalized spacial score (nSPS) is 13.3. The maximum Gasteiger partial charge on any atom is 0.335 e. The molecule has 0 radical (unpaired) electrons. The van der Waals surface area contributed by atoms with Crippen molar-refractivity contribution in [1.29, 1.82) is 0 Å². The molecular weight excluding hydrogens is 324 g/mol. The van der Waals surface area contributed by atoms with Gasteiger partial charge >= 0.3 is 5.97 Å². The van der Waals surface area contributed by atoms with Crippen molar-refractivity contribution in [2.75, 3.05) is 6.79 Å². The number of hydrogen-bond donors (Lipinski definition) is 1. The van der Waals surface area contributed by atoms with E-state index < -0.39 is 5.97 Å². The molecule has 126 valence electrons. The summed E-state index contributed by atoms with van der Waals surface area (Å²) in [5, 5.41) is 9.82. The Morgan fingerprint density at radius 1 is 1.16 bits per heavy atom. The first-order valence-electron chi connectivity index (χ1n) is 7.68. The minimum Gasteiger partial charge on any atom is -0.478 e. The fourth-order valence-corrected chi connectivity index (χ4v) is 2.93. The van der Waals surface area contributed by atoms with Crippen LogP contribution in [0.25, 0.3) is 22.3 Å². The molecule has 25 heavy (non-hydrogen) atoms. The van der Waals surface area contributed by atoms with Crippen LogP contribution in [-0.2, 0) is 11.3 Å². The Kier molecular flexibility index (Phi) is 3.54. The summed E-state index contributed by atoms with van der Waals surface area (Å²) in [6, 6.07) is 9.66. The Hall–Kier alpha value is -3.12. The highest BCUT2D eigenvalue weighted by molar-refractivity contribution is 5.91. The summed E-state index contributed by atoms with van der Waals surface area (Å²) in [5.74, 6) is -0.332. The van der Waals surface area contributed by atoms with Gasteiger partial charge in [0, 0.05) is 11.6 Å². The number of aromatic carboxylic acids is 1. The summed E-state index contributed by atoms with van der Waals surface area (Å²) >= 11 is 0. The third kappa shape index (κ3) is 2.66. The third-order valence-electron chi connectivity index (χ3n) is 4.11. The maximum absolute atomic E-state index is 12.5. The topological polar surface area (TPSA) is 86.0 Å². The van der Waals surface area contributed by atoms with Crippen molar-refractivity contribution in [1.82, 2.24) is 0 Å². The summed E-state index contributed by atoms with van der Waals surface area (Å²) in [5.41, 5.74) is 2.31. The summed E-state index contributed by atoms with van der Waals surface area (Å²) in [6.45, 7) is 2.19. The Bertz CT molecular complexity index is 1060. The molecule has 0 spiro atoms. The molecule has 0 amide bonds. The lowest BCUT2D eigenvalue weighted by molar-refractivity contribution is -0.0160. The second kappa shape index (κ2) is 5.75. The first kappa shape index (κ1) is 15.4. The van der Waals surface area contributed by atoms with Gasteiger partial charge in [-0.25, -0.2) is 4.79 Å². The SMILES string of the molecule is Cc1ccc2oc(-c3cc(C(=O)O)cc4c3OCOC4)cc(=O)c2c1. The number of carboxylic acids is 1. The van der Waals surface area contributed by atoms with E-state index in [1.54, 1.807) is 12.1 Å². The van der Waals surface area contributed by atoms with Gasteiger partial charge < -0.3 is 19.0 Å². The predicted octanol–water partition coefficient (Wildman–Crippen LogP) is 3.33. The Morgan fingerprint density at radius 2 is 2.00 bits per heavy atom. The van der Waals surface area contributed by atoms with Crippen molar-refractivity contribution in [2.24, 2.45) is 0 Å². The van der Waals surface area contributed by atoms with Crippen LogP contribution in [0.15, 0.2) is 45.6 Å². The van der Waals surface area contributed by atoms with Gasteiger partial charge in [-0.3, -0.25) is 4.79 Å². The molecule has 0 saturated carbocycles. The first-order chi connectivity index (χ1) is 12.0. The highest BCUT2D eigenvalue weighted by Crippen LogP contribution is 2.37. The van der Waals surface area contributed by atoms with Crippen LogP contribution in [0.3, 0.4) is 0 Å². The fraction of sp³-hybridized carbons (Fsp3) is 0.158. The van der Waals surface area contributed by atoms with Crippen molar-refractivity contribution in [3.05, 3.63) is 63.3 Å². The summed E-state index contributed by atoms with van der Waals surface area (Å²) < 4.78 is 16.6. The smallest absolute Gasteiger partial charge is 0.335 e. The molecule has 0 aliphatic carbocycles. The highest BCUT2D eigenvalue weighted by Gasteiger charge is 2.22. The summed E-state index contributed by atoms with van der Waals surface area (Å²) in [4.78, 5) is 23.9. The van der Waals surface area contributed by atoms with Gasteiger partial charge in [0.2, 0.25) is 0 Å². The minimum atomic E-state index is -1.08. The van der Waals surface area contributed by atoms with E-state index in [0.29, 0.717) is 27.8 Å². The largest absolute Gasteiger partial charge is 0.478 e. The van der Waals surface area contributed by atoms with E-state index >= 15 is 0 Å². The van der Waals surface area contributed by atoms with Gasteiger partial charge in [-0.15, -0.1) is 0 Å². The Morgan fingerprint density at radius 3 is 2.80 bits per heavy atom. The standard InChI is InChI=1S/C19H14O6/c1-10-2-3-16-13(4-10)15(20)7-17(25-16)14-6-11(19(21)22)5-12-8-23-9-24-18(12)14/h2-7H,8-9H2,1H3,(H,21,22). The lowest BCUT2D eigenvalue weighted by atomic mass is 10.0. The van der Waals surface area contributed by atoms with Crippen LogP contribution in [0.4, 0.5) is 0 Å². The zero-order valence-electron chi connectivity index (χ0n) is 13.4. The van der Waals surface area contributed by atoms with E-state index in [1.807, 2.05) is 13.0 Å². The second-order valence-corrected chi connectivity index (χ2v) is 5.90. The van der Waals surface area contributed by atoms with Crippen molar-refractivity contribution in [3.63, 3.8) is 0 Å². The molecule has 0 fully saturated rings. The Labute approximate surface area is 142 Å². The van der Waals surface area contributed by atoms with Gasteiger partial charge in [-0.05, 0) is 31.2 Å². The van der Waals surface area contributed by atoms with Crippen LogP contribution in [0.1, 0.15) is 21.5 Å². The van der Waals surface area contributed by atoms with Gasteiger partial charge in [-0.2, -0.15) is 0 Å². The molecule has 4 rings (SSSR count). The fourth-order valence-electron chi connectivity index (χ4n) is 2.93. The molecule has 6 heteroatoms. The predicted molar refractivity (Wildman–Crippen MR) is 89.9 cm³/mol. The molecule has 0 unspecified atom stereocenters. The van der Waals surface area contributed by atoms with E-state index in [0.717, 1.165) is 5.56 Å². The van der Waals surface area contributed by atoms with Gasteiger partial charge in [0.05, 0.1) is 23.1 Å². The van der Waals surface area contributed by atoms with Gasteiger partial charge in [-0.1, -0.05) is 11.6 Å². The number of aryl methyl sites for hydroxylation is 1. The monoisotopic (exact) mass is 338 g/mol. The molecule has 0 saturated heterocycles. The van der Waals surface area contributed by atoms with Gasteiger partial charge in [0.25, 0.3) is 0 Å². The molecule has 1 N–H and O–H groups in total. The van der Waals surface area contributed by atoms with E-state index in [9.17, 15) is 14.7 Å². The lowest BCUT2D eigenvalue weighted by Gasteiger charge is -2.21. The minimum absolute atomic E-state index is 0.0590. The van der Waals surface area contributed by atoms with Gasteiger partial charge in [0.1, 0.15) is 17.1 Å². The van der Waals surface area contributed by atoms with Crippen LogP contribution < -0.4 is 10.2 Å². The molecule has 0 atom stereocenters. The molecule has 1 aliphatic rings. The average molecular weight is 338 g/mol. The molecule has 2 aromatic carbocycles. The van der Waals surface area contributed by atoms with Crippen LogP contribution in [0.5, 0.6) is 5.75 Å². The molecule has 3 aromatic rings. The van der Waals surface area contributed by atoms with Crippen LogP contribution >= 0.6 is 0 Å². The Balaban J connectivity index is 1.99. The van der Waals surface area contributed by atoms with Crippen molar-refractivity contribution in [3.8, 4) is 17.1 Å². The van der Waals surface area contributed by atoms with Crippen molar-refractivity contribution >= 4 is 16.9 Å². The summed E-state index contributed by atoms with van der Waals surface area (Å²) in [6.07, 6.45) is 0. The van der Waals surface area contributed by atoms with Crippen molar-refractivity contribution in [2.45, 2.75) is 13.5 Å². The van der Waals surface area contributed by atoms with E-state index in [2.05, 4.69) is 0 Å². The third-order valence-corrected chi connectivity index (χ3v) is 4.11. The molecule has 0 bridgehead atoms. The average Bonchev–Trinajstić information content (AvgIpc) is 2.61. The number of benzene rings is 2. The van der Waals surface area contributed by atoms with Crippen LogP contribution in [0.2, 0.25) is 0 Å². The first-order valence-corrected chi connectivity index (χ1v) is 7.68. The van der Waals surface area contributed by atoms with E-state index in [4.69, 9.17) is 13.9 Å². The molecular formula is C19H14O6. The second-order valence-electron chi connectivity index (χ2n) is 5.90. The number of hydrogen-bond acceptors (Lipinski definition) is 5. The zero-order chi connectivity index (χ0) is 17.6. The molecule has 6 nitrogen and oxygen atoms in total. The molecule has 1 aliphatic heterocycles. The number of carboxylic acid groups (broad SMARTS) is 1. The lowest BCUT2D eigenvalue weighted by Crippen LogP contribution is -2.14. The number of carbonyl (C=O) groups is 1. The molecule has 2 heterocycles. The molecule has 1 aromatic heterocycles. The number of fused-ring (bicyclic) bond motifs is 2. The van der Waals surface area contributed by atoms with Crippen molar-refractivity contribution < 1.29 is 23.8 Å².